The molecule has 1 aliphatic heterocycles. The maximum atomic E-state index is 12.2. The van der Waals surface area contributed by atoms with Crippen LogP contribution in [0, 0.1) is 11.3 Å². The second kappa shape index (κ2) is 9.95. The first kappa shape index (κ1) is 21.4. The van der Waals surface area contributed by atoms with Crippen molar-refractivity contribution in [3.05, 3.63) is 75.9 Å². The maximum Gasteiger partial charge on any atom is 0.245 e. The van der Waals surface area contributed by atoms with Gasteiger partial charge in [-0.3, -0.25) is 9.69 Å². The predicted molar refractivity (Wildman–Crippen MR) is 127 cm³/mol. The van der Waals surface area contributed by atoms with Crippen LogP contribution < -0.4 is 5.32 Å². The SMILES string of the molecule is N#Cc1ccc2c(c1)CN(CCCCNC(=O)/C=C/n1cc(Br)c3ccccc31)CC2. The highest BCUT2D eigenvalue weighted by Gasteiger charge is 2.16. The van der Waals surface area contributed by atoms with E-state index in [9.17, 15) is 4.79 Å². The van der Waals surface area contributed by atoms with Gasteiger partial charge in [0.2, 0.25) is 5.91 Å². The summed E-state index contributed by atoms with van der Waals surface area (Å²) in [5.41, 5.74) is 4.42. The van der Waals surface area contributed by atoms with Crippen molar-refractivity contribution in [2.75, 3.05) is 19.6 Å². The average molecular weight is 477 g/mol. The van der Waals surface area contributed by atoms with E-state index in [2.05, 4.69) is 38.3 Å². The number of para-hydroxylation sites is 1. The number of nitrogens with one attached hydrogen (secondary N) is 1. The molecule has 0 saturated carbocycles. The fourth-order valence-electron chi connectivity index (χ4n) is 4.04. The molecule has 0 atom stereocenters. The van der Waals surface area contributed by atoms with Gasteiger partial charge in [0.05, 0.1) is 17.1 Å². The molecule has 4 rings (SSSR count). The van der Waals surface area contributed by atoms with Crippen molar-refractivity contribution in [1.82, 2.24) is 14.8 Å². The first-order valence-electron chi connectivity index (χ1n) is 10.6. The molecule has 0 fully saturated rings. The molecule has 158 valence electrons. The fourth-order valence-corrected chi connectivity index (χ4v) is 4.60. The zero-order valence-electron chi connectivity index (χ0n) is 17.4. The van der Waals surface area contributed by atoms with E-state index in [4.69, 9.17) is 5.26 Å². The molecule has 0 saturated heterocycles. The number of carbonyl (C=O) groups excluding carboxylic acids is 1. The second-order valence-electron chi connectivity index (χ2n) is 7.84. The molecule has 5 nitrogen and oxygen atoms in total. The Morgan fingerprint density at radius 2 is 2.06 bits per heavy atom. The Bertz CT molecular complexity index is 1160. The molecule has 0 radical (unpaired) electrons. The minimum atomic E-state index is -0.0789. The van der Waals surface area contributed by atoms with Gasteiger partial charge in [-0.2, -0.15) is 5.26 Å². The van der Waals surface area contributed by atoms with Crippen molar-refractivity contribution in [1.29, 1.82) is 5.26 Å². The van der Waals surface area contributed by atoms with Gasteiger partial charge in [0.1, 0.15) is 0 Å². The van der Waals surface area contributed by atoms with Crippen molar-refractivity contribution in [2.45, 2.75) is 25.8 Å². The number of benzene rings is 2. The lowest BCUT2D eigenvalue weighted by Gasteiger charge is -2.28. The highest BCUT2D eigenvalue weighted by atomic mass is 79.9. The normalized spacial score (nSPS) is 13.9. The topological polar surface area (TPSA) is 61.1 Å². The van der Waals surface area contributed by atoms with Crippen LogP contribution in [0.15, 0.2) is 59.2 Å². The van der Waals surface area contributed by atoms with Crippen LogP contribution in [0.3, 0.4) is 0 Å². The van der Waals surface area contributed by atoms with E-state index in [1.54, 1.807) is 12.3 Å². The number of aromatic nitrogens is 1. The zero-order chi connectivity index (χ0) is 21.6. The Hall–Kier alpha value is -2.88. The molecule has 6 heteroatoms. The summed E-state index contributed by atoms with van der Waals surface area (Å²) in [4.78, 5) is 14.6. The summed E-state index contributed by atoms with van der Waals surface area (Å²) < 4.78 is 2.96. The molecular formula is C25H25BrN4O. The van der Waals surface area contributed by atoms with Gasteiger partial charge in [-0.15, -0.1) is 0 Å². The first-order valence-corrected chi connectivity index (χ1v) is 11.4. The minimum Gasteiger partial charge on any atom is -0.353 e. The molecule has 1 N–H and O–H groups in total. The summed E-state index contributed by atoms with van der Waals surface area (Å²) in [6.07, 6.45) is 8.35. The molecule has 1 aliphatic rings. The maximum absolute atomic E-state index is 12.2. The number of rotatable bonds is 7. The molecule has 0 unspecified atom stereocenters. The first-order chi connectivity index (χ1) is 15.1. The largest absolute Gasteiger partial charge is 0.353 e. The highest BCUT2D eigenvalue weighted by Crippen LogP contribution is 2.26. The third-order valence-electron chi connectivity index (χ3n) is 5.71. The Morgan fingerprint density at radius 3 is 2.94 bits per heavy atom. The van der Waals surface area contributed by atoms with Crippen LogP contribution in [0.2, 0.25) is 0 Å². The summed E-state index contributed by atoms with van der Waals surface area (Å²) >= 11 is 3.56. The third kappa shape index (κ3) is 5.25. The van der Waals surface area contributed by atoms with Crippen LogP contribution >= 0.6 is 15.9 Å². The molecule has 2 heterocycles. The number of unbranched alkanes of at least 4 members (excludes halogenated alkanes) is 1. The average Bonchev–Trinajstić information content (AvgIpc) is 3.12. The number of fused-ring (bicyclic) bond motifs is 2. The van der Waals surface area contributed by atoms with Crippen LogP contribution in [0.5, 0.6) is 0 Å². The summed E-state index contributed by atoms with van der Waals surface area (Å²) in [6.45, 7) is 3.63. The van der Waals surface area contributed by atoms with E-state index in [1.165, 1.54) is 11.1 Å². The Balaban J connectivity index is 1.19. The molecule has 0 bridgehead atoms. The number of carbonyl (C=O) groups is 1. The van der Waals surface area contributed by atoms with Gasteiger partial charge in [-0.25, -0.2) is 0 Å². The van der Waals surface area contributed by atoms with Gasteiger partial charge in [-0.05, 0) is 71.1 Å². The quantitative estimate of drug-likeness (QED) is 0.397. The summed E-state index contributed by atoms with van der Waals surface area (Å²) in [5.74, 6) is -0.0789. The van der Waals surface area contributed by atoms with Gasteiger partial charge >= 0.3 is 0 Å². The predicted octanol–water partition coefficient (Wildman–Crippen LogP) is 4.70. The summed E-state index contributed by atoms with van der Waals surface area (Å²) in [6, 6.07) is 16.3. The third-order valence-corrected chi connectivity index (χ3v) is 6.34. The lowest BCUT2D eigenvalue weighted by atomic mass is 9.97. The number of nitrogens with zero attached hydrogens (tertiary/aromatic N) is 3. The minimum absolute atomic E-state index is 0.0789. The lowest BCUT2D eigenvalue weighted by molar-refractivity contribution is -0.116. The van der Waals surface area contributed by atoms with E-state index >= 15 is 0 Å². The van der Waals surface area contributed by atoms with Crippen LogP contribution in [-0.2, 0) is 17.8 Å². The van der Waals surface area contributed by atoms with Crippen LogP contribution in [0.4, 0.5) is 0 Å². The van der Waals surface area contributed by atoms with Crippen molar-refractivity contribution >= 4 is 38.9 Å². The smallest absolute Gasteiger partial charge is 0.245 e. The molecule has 3 aromatic rings. The Labute approximate surface area is 191 Å². The number of hydrogen-bond acceptors (Lipinski definition) is 3. The van der Waals surface area contributed by atoms with Gasteiger partial charge in [0.15, 0.2) is 0 Å². The zero-order valence-corrected chi connectivity index (χ0v) is 18.9. The molecule has 1 amide bonds. The number of halogens is 1. The fraction of sp³-hybridized carbons (Fsp3) is 0.280. The molecule has 0 spiro atoms. The van der Waals surface area contributed by atoms with Crippen LogP contribution in [-0.4, -0.2) is 35.0 Å². The van der Waals surface area contributed by atoms with Crippen LogP contribution in [0.25, 0.3) is 17.1 Å². The van der Waals surface area contributed by atoms with Gasteiger partial charge in [-0.1, -0.05) is 24.3 Å². The van der Waals surface area contributed by atoms with Crippen molar-refractivity contribution in [2.24, 2.45) is 0 Å². The molecule has 1 aromatic heterocycles. The Kier molecular flexibility index (Phi) is 6.86. The summed E-state index contributed by atoms with van der Waals surface area (Å²) in [7, 11) is 0. The highest BCUT2D eigenvalue weighted by molar-refractivity contribution is 9.10. The number of nitriles is 1. The molecule has 0 aliphatic carbocycles. The van der Waals surface area contributed by atoms with E-state index in [1.807, 2.05) is 47.2 Å². The van der Waals surface area contributed by atoms with Gasteiger partial charge < -0.3 is 9.88 Å². The van der Waals surface area contributed by atoms with Crippen molar-refractivity contribution < 1.29 is 4.79 Å². The van der Waals surface area contributed by atoms with E-state index in [0.717, 1.165) is 59.8 Å². The van der Waals surface area contributed by atoms with E-state index in [0.29, 0.717) is 6.54 Å². The lowest BCUT2D eigenvalue weighted by Crippen LogP contribution is -2.32. The summed E-state index contributed by atoms with van der Waals surface area (Å²) in [5, 5.41) is 13.2. The van der Waals surface area contributed by atoms with Gasteiger partial charge in [0.25, 0.3) is 0 Å². The van der Waals surface area contributed by atoms with E-state index in [-0.39, 0.29) is 5.91 Å². The molecular weight excluding hydrogens is 452 g/mol. The van der Waals surface area contributed by atoms with Crippen molar-refractivity contribution in [3.63, 3.8) is 0 Å². The number of hydrogen-bond donors (Lipinski definition) is 1. The molecule has 31 heavy (non-hydrogen) atoms. The Morgan fingerprint density at radius 1 is 1.19 bits per heavy atom. The van der Waals surface area contributed by atoms with Crippen LogP contribution in [0.1, 0.15) is 29.5 Å². The number of amides is 1. The standard InChI is InChI=1S/C25H25BrN4O/c26-23-18-30(24-6-2-1-5-22(23)24)14-10-25(31)28-11-3-4-12-29-13-9-20-8-7-19(16-27)15-21(20)17-29/h1-2,5-8,10,14-15,18H,3-4,9,11-13,17H2,(H,28,31)/b14-10+. The monoisotopic (exact) mass is 476 g/mol. The van der Waals surface area contributed by atoms with E-state index < -0.39 is 0 Å². The molecule has 2 aromatic carbocycles. The van der Waals surface area contributed by atoms with Crippen molar-refractivity contribution in [3.8, 4) is 6.07 Å². The van der Waals surface area contributed by atoms with Gasteiger partial charge in [0, 0.05) is 48.0 Å². The second-order valence-corrected chi connectivity index (χ2v) is 8.69.